The largest absolute Gasteiger partial charge is 0.506 e. The zero-order valence-corrected chi connectivity index (χ0v) is 8.93. The smallest absolute Gasteiger partial charge is 0.316 e. The molecule has 0 radical (unpaired) electrons. The van der Waals surface area contributed by atoms with Gasteiger partial charge in [-0.1, -0.05) is 0 Å². The lowest BCUT2D eigenvalue weighted by Crippen LogP contribution is -2.28. The van der Waals surface area contributed by atoms with Crippen molar-refractivity contribution in [2.45, 2.75) is 12.8 Å². The minimum absolute atomic E-state index is 0.127. The first-order valence-corrected chi connectivity index (χ1v) is 5.14. The van der Waals surface area contributed by atoms with Crippen LogP contribution < -0.4 is 11.1 Å². The molecule has 1 heterocycles. The Labute approximate surface area is 97.1 Å². The molecule has 0 spiro atoms. The van der Waals surface area contributed by atoms with E-state index in [4.69, 9.17) is 10.8 Å². The van der Waals surface area contributed by atoms with Gasteiger partial charge >= 0.3 is 5.97 Å². The molecule has 0 fully saturated rings. The standard InChI is InChI=1S/C11H12N2O4/c12-7-3-5-1-2-6(11(16)17)10(15)13-8(5)4-9(7)14/h3-4,6,14H,1-2,12H2,(H,13,15)(H,16,17). The van der Waals surface area contributed by atoms with Gasteiger partial charge in [-0.3, -0.25) is 9.59 Å². The molecule has 0 saturated heterocycles. The van der Waals surface area contributed by atoms with Gasteiger partial charge in [-0.05, 0) is 24.5 Å². The number of nitrogen functional groups attached to an aromatic ring is 1. The monoisotopic (exact) mass is 236 g/mol. The molecule has 5 N–H and O–H groups in total. The number of hydrogen-bond acceptors (Lipinski definition) is 4. The number of carbonyl (C=O) groups excluding carboxylic acids is 1. The van der Waals surface area contributed by atoms with Crippen LogP contribution in [0.3, 0.4) is 0 Å². The number of aromatic hydroxyl groups is 1. The number of carboxylic acids is 1. The zero-order valence-electron chi connectivity index (χ0n) is 8.93. The Morgan fingerprint density at radius 3 is 2.82 bits per heavy atom. The van der Waals surface area contributed by atoms with E-state index < -0.39 is 17.8 Å². The number of nitrogens with one attached hydrogen (secondary N) is 1. The second-order valence-electron chi connectivity index (χ2n) is 3.99. The number of amides is 1. The summed E-state index contributed by atoms with van der Waals surface area (Å²) in [5.74, 6) is -2.91. The summed E-state index contributed by atoms with van der Waals surface area (Å²) in [4.78, 5) is 22.5. The predicted molar refractivity (Wildman–Crippen MR) is 60.6 cm³/mol. The van der Waals surface area contributed by atoms with Gasteiger partial charge in [-0.2, -0.15) is 0 Å². The van der Waals surface area contributed by atoms with Crippen molar-refractivity contribution in [2.75, 3.05) is 11.1 Å². The third-order valence-corrected chi connectivity index (χ3v) is 2.83. The molecule has 1 amide bonds. The summed E-state index contributed by atoms with van der Waals surface area (Å²) in [6.45, 7) is 0. The Balaban J connectivity index is 2.38. The van der Waals surface area contributed by atoms with Gasteiger partial charge in [0.25, 0.3) is 0 Å². The topological polar surface area (TPSA) is 113 Å². The van der Waals surface area contributed by atoms with Crippen LogP contribution in [0, 0.1) is 5.92 Å². The fourth-order valence-corrected chi connectivity index (χ4v) is 1.86. The Morgan fingerprint density at radius 2 is 2.18 bits per heavy atom. The quantitative estimate of drug-likeness (QED) is 0.323. The summed E-state index contributed by atoms with van der Waals surface area (Å²) >= 11 is 0. The molecule has 1 aliphatic rings. The number of fused-ring (bicyclic) bond motifs is 1. The highest BCUT2D eigenvalue weighted by Crippen LogP contribution is 2.32. The maximum absolute atomic E-state index is 11.6. The Morgan fingerprint density at radius 1 is 1.47 bits per heavy atom. The molecular formula is C11H12N2O4. The third kappa shape index (κ3) is 2.01. The van der Waals surface area contributed by atoms with E-state index in [1.165, 1.54) is 6.07 Å². The number of carboxylic acid groups (broad SMARTS) is 1. The Hall–Kier alpha value is -2.24. The van der Waals surface area contributed by atoms with Gasteiger partial charge in [-0.25, -0.2) is 0 Å². The van der Waals surface area contributed by atoms with Crippen molar-refractivity contribution >= 4 is 23.3 Å². The average molecular weight is 236 g/mol. The van der Waals surface area contributed by atoms with Crippen molar-refractivity contribution < 1.29 is 19.8 Å². The molecule has 1 unspecified atom stereocenters. The van der Waals surface area contributed by atoms with Gasteiger partial charge in [0.15, 0.2) is 0 Å². The summed E-state index contributed by atoms with van der Waals surface area (Å²) in [6.07, 6.45) is 0.647. The number of anilines is 2. The summed E-state index contributed by atoms with van der Waals surface area (Å²) in [7, 11) is 0. The first-order chi connectivity index (χ1) is 7.99. The first kappa shape index (κ1) is 11.3. The normalized spacial score (nSPS) is 19.1. The van der Waals surface area contributed by atoms with E-state index >= 15 is 0 Å². The van der Waals surface area contributed by atoms with Crippen LogP contribution in [0.2, 0.25) is 0 Å². The van der Waals surface area contributed by atoms with E-state index in [0.29, 0.717) is 12.1 Å². The molecule has 1 aromatic rings. The zero-order chi connectivity index (χ0) is 12.6. The van der Waals surface area contributed by atoms with Crippen LogP contribution in [-0.2, 0) is 16.0 Å². The molecule has 0 aromatic heterocycles. The third-order valence-electron chi connectivity index (χ3n) is 2.83. The van der Waals surface area contributed by atoms with Crippen LogP contribution in [0.15, 0.2) is 12.1 Å². The van der Waals surface area contributed by atoms with Crippen LogP contribution in [0.1, 0.15) is 12.0 Å². The van der Waals surface area contributed by atoms with Crippen LogP contribution in [0.4, 0.5) is 11.4 Å². The van der Waals surface area contributed by atoms with Crippen molar-refractivity contribution in [3.05, 3.63) is 17.7 Å². The number of phenolic OH excluding ortho intramolecular Hbond substituents is 1. The lowest BCUT2D eigenvalue weighted by Gasteiger charge is -2.09. The number of carbonyl (C=O) groups is 2. The molecule has 17 heavy (non-hydrogen) atoms. The average Bonchev–Trinajstić information content (AvgIpc) is 2.38. The summed E-state index contributed by atoms with van der Waals surface area (Å²) in [5, 5.41) is 20.8. The van der Waals surface area contributed by atoms with Gasteiger partial charge in [-0.15, -0.1) is 0 Å². The fourth-order valence-electron chi connectivity index (χ4n) is 1.86. The second-order valence-corrected chi connectivity index (χ2v) is 3.99. The van der Waals surface area contributed by atoms with Crippen LogP contribution in [-0.4, -0.2) is 22.1 Å². The van der Waals surface area contributed by atoms with Crippen molar-refractivity contribution in [3.8, 4) is 5.75 Å². The number of benzene rings is 1. The van der Waals surface area contributed by atoms with Gasteiger partial charge in [0.2, 0.25) is 5.91 Å². The number of hydrogen-bond donors (Lipinski definition) is 4. The summed E-state index contributed by atoms with van der Waals surface area (Å²) in [6, 6.07) is 2.89. The maximum Gasteiger partial charge on any atom is 0.316 e. The van der Waals surface area contributed by atoms with Gasteiger partial charge in [0.05, 0.1) is 5.69 Å². The molecular weight excluding hydrogens is 224 g/mol. The molecule has 1 aliphatic heterocycles. The molecule has 90 valence electrons. The molecule has 6 nitrogen and oxygen atoms in total. The van der Waals surface area contributed by atoms with Gasteiger partial charge < -0.3 is 21.3 Å². The minimum atomic E-state index is -1.15. The number of rotatable bonds is 1. The van der Waals surface area contributed by atoms with Crippen LogP contribution in [0.5, 0.6) is 5.75 Å². The van der Waals surface area contributed by atoms with E-state index in [-0.39, 0.29) is 17.9 Å². The predicted octanol–water partition coefficient (Wildman–Crippen LogP) is 0.560. The molecule has 1 atom stereocenters. The molecule has 1 aromatic carbocycles. The fraction of sp³-hybridized carbons (Fsp3) is 0.273. The van der Waals surface area contributed by atoms with Gasteiger partial charge in [0, 0.05) is 11.8 Å². The number of aliphatic carboxylic acids is 1. The van der Waals surface area contributed by atoms with E-state index in [1.807, 2.05) is 0 Å². The van der Waals surface area contributed by atoms with Crippen LogP contribution >= 0.6 is 0 Å². The number of aryl methyl sites for hydroxylation is 1. The van der Waals surface area contributed by atoms with E-state index in [1.54, 1.807) is 6.07 Å². The lowest BCUT2D eigenvalue weighted by molar-refractivity contribution is -0.145. The highest BCUT2D eigenvalue weighted by molar-refractivity contribution is 6.05. The first-order valence-electron chi connectivity index (χ1n) is 5.14. The second kappa shape index (κ2) is 3.97. The van der Waals surface area contributed by atoms with E-state index in [9.17, 15) is 14.7 Å². The minimum Gasteiger partial charge on any atom is -0.506 e. The molecule has 0 aliphatic carbocycles. The molecule has 0 bridgehead atoms. The highest BCUT2D eigenvalue weighted by atomic mass is 16.4. The maximum atomic E-state index is 11.6. The molecule has 0 saturated carbocycles. The van der Waals surface area contributed by atoms with Crippen molar-refractivity contribution in [2.24, 2.45) is 5.92 Å². The van der Waals surface area contributed by atoms with Crippen LogP contribution in [0.25, 0.3) is 0 Å². The van der Waals surface area contributed by atoms with Gasteiger partial charge in [0.1, 0.15) is 11.7 Å². The molecule has 2 rings (SSSR count). The Kier molecular flexibility index (Phi) is 2.63. The number of phenols is 1. The molecule has 6 heteroatoms. The lowest BCUT2D eigenvalue weighted by atomic mass is 10.0. The highest BCUT2D eigenvalue weighted by Gasteiger charge is 2.29. The number of nitrogens with two attached hydrogens (primary N) is 1. The van der Waals surface area contributed by atoms with Crippen molar-refractivity contribution in [1.29, 1.82) is 0 Å². The summed E-state index contributed by atoms with van der Waals surface area (Å²) in [5.41, 5.74) is 6.92. The van der Waals surface area contributed by atoms with Crippen molar-refractivity contribution in [1.82, 2.24) is 0 Å². The SMILES string of the molecule is Nc1cc2c(cc1O)NC(=O)C(C(=O)O)CC2. The van der Waals surface area contributed by atoms with Crippen molar-refractivity contribution in [3.63, 3.8) is 0 Å². The van der Waals surface area contributed by atoms with E-state index in [2.05, 4.69) is 5.32 Å². The van der Waals surface area contributed by atoms with E-state index in [0.717, 1.165) is 5.56 Å². The Bertz CT molecular complexity index is 498. The summed E-state index contributed by atoms with van der Waals surface area (Å²) < 4.78 is 0.